The molecule has 0 spiro atoms. The van der Waals surface area contributed by atoms with Gasteiger partial charge in [-0.3, -0.25) is 0 Å². The number of hydrogen-bond donors (Lipinski definition) is 1. The molecule has 0 saturated heterocycles. The zero-order valence-corrected chi connectivity index (χ0v) is 10.5. The van der Waals surface area contributed by atoms with Gasteiger partial charge in [0.15, 0.2) is 0 Å². The number of aryl methyl sites for hydroxylation is 2. The van der Waals surface area contributed by atoms with Crippen molar-refractivity contribution in [1.29, 1.82) is 0 Å². The van der Waals surface area contributed by atoms with E-state index in [-0.39, 0.29) is 5.82 Å². The molecule has 2 aromatic rings. The Labute approximate surface area is 110 Å². The minimum atomic E-state index is -1.11. The number of benzene rings is 1. The van der Waals surface area contributed by atoms with E-state index >= 15 is 0 Å². The van der Waals surface area contributed by atoms with Crippen molar-refractivity contribution in [2.24, 2.45) is 0 Å². The molecule has 0 aliphatic heterocycles. The van der Waals surface area contributed by atoms with E-state index in [4.69, 9.17) is 9.84 Å². The van der Waals surface area contributed by atoms with E-state index in [1.807, 2.05) is 24.3 Å². The molecule has 0 atom stereocenters. The largest absolute Gasteiger partial charge is 0.496 e. The van der Waals surface area contributed by atoms with Crippen LogP contribution in [-0.2, 0) is 12.8 Å². The Morgan fingerprint density at radius 1 is 1.26 bits per heavy atom. The number of para-hydroxylation sites is 1. The van der Waals surface area contributed by atoms with Crippen molar-refractivity contribution in [1.82, 2.24) is 9.97 Å². The second-order valence-corrected chi connectivity index (χ2v) is 3.99. The zero-order valence-electron chi connectivity index (χ0n) is 10.5. The lowest BCUT2D eigenvalue weighted by molar-refractivity contribution is 0.0683. The molecule has 0 bridgehead atoms. The van der Waals surface area contributed by atoms with Crippen molar-refractivity contribution < 1.29 is 14.6 Å². The molecule has 0 fully saturated rings. The predicted molar refractivity (Wildman–Crippen MR) is 69.4 cm³/mol. The number of methoxy groups -OCH3 is 1. The first-order valence-corrected chi connectivity index (χ1v) is 5.88. The molecule has 0 saturated carbocycles. The van der Waals surface area contributed by atoms with Crippen LogP contribution >= 0.6 is 0 Å². The van der Waals surface area contributed by atoms with Crippen LogP contribution in [0.2, 0.25) is 0 Å². The van der Waals surface area contributed by atoms with Crippen LogP contribution in [0.5, 0.6) is 5.75 Å². The highest BCUT2D eigenvalue weighted by atomic mass is 16.5. The molecule has 1 aromatic heterocycles. The smallest absolute Gasteiger partial charge is 0.373 e. The number of aromatic nitrogens is 2. The maximum absolute atomic E-state index is 10.8. The summed E-state index contributed by atoms with van der Waals surface area (Å²) in [5.74, 6) is -0.452. The van der Waals surface area contributed by atoms with Crippen molar-refractivity contribution in [3.8, 4) is 5.75 Å². The van der Waals surface area contributed by atoms with Crippen molar-refractivity contribution >= 4 is 5.97 Å². The monoisotopic (exact) mass is 258 g/mol. The van der Waals surface area contributed by atoms with Gasteiger partial charge < -0.3 is 9.84 Å². The Kier molecular flexibility index (Phi) is 4.07. The number of ether oxygens (including phenoxy) is 1. The number of carboxylic acid groups (broad SMARTS) is 1. The van der Waals surface area contributed by atoms with Crippen molar-refractivity contribution in [2.45, 2.75) is 12.8 Å². The van der Waals surface area contributed by atoms with E-state index in [1.54, 1.807) is 13.2 Å². The molecule has 19 heavy (non-hydrogen) atoms. The number of aromatic carboxylic acids is 1. The Balaban J connectivity index is 2.10. The molecule has 1 heterocycles. The summed E-state index contributed by atoms with van der Waals surface area (Å²) >= 11 is 0. The van der Waals surface area contributed by atoms with Crippen LogP contribution < -0.4 is 4.74 Å². The van der Waals surface area contributed by atoms with Gasteiger partial charge in [-0.15, -0.1) is 0 Å². The van der Waals surface area contributed by atoms with Crippen LogP contribution in [0, 0.1) is 0 Å². The normalized spacial score (nSPS) is 10.2. The molecule has 0 radical (unpaired) electrons. The summed E-state index contributed by atoms with van der Waals surface area (Å²) in [5.41, 5.74) is 1.78. The summed E-state index contributed by atoms with van der Waals surface area (Å²) in [6.45, 7) is 0. The second-order valence-electron chi connectivity index (χ2n) is 3.99. The van der Waals surface area contributed by atoms with Gasteiger partial charge in [0.2, 0.25) is 5.82 Å². The third-order valence-corrected chi connectivity index (χ3v) is 2.75. The SMILES string of the molecule is COc1ccccc1CCc1ccnc(C(=O)O)n1. The van der Waals surface area contributed by atoms with E-state index in [0.29, 0.717) is 12.1 Å². The minimum absolute atomic E-state index is 0.169. The van der Waals surface area contributed by atoms with Gasteiger partial charge in [0.05, 0.1) is 7.11 Å². The number of carboxylic acids is 1. The maximum Gasteiger partial charge on any atom is 0.373 e. The first kappa shape index (κ1) is 13.0. The van der Waals surface area contributed by atoms with Gasteiger partial charge in [0.25, 0.3) is 0 Å². The lowest BCUT2D eigenvalue weighted by Gasteiger charge is -2.07. The highest BCUT2D eigenvalue weighted by Crippen LogP contribution is 2.18. The highest BCUT2D eigenvalue weighted by molar-refractivity contribution is 5.82. The van der Waals surface area contributed by atoms with Gasteiger partial charge in [-0.05, 0) is 30.5 Å². The van der Waals surface area contributed by atoms with Crippen molar-refractivity contribution in [2.75, 3.05) is 7.11 Å². The molecule has 0 aliphatic carbocycles. The Morgan fingerprint density at radius 2 is 2.05 bits per heavy atom. The summed E-state index contributed by atoms with van der Waals surface area (Å²) in [6.07, 6.45) is 2.84. The van der Waals surface area contributed by atoms with Crippen LogP contribution in [0.4, 0.5) is 0 Å². The quantitative estimate of drug-likeness (QED) is 0.887. The maximum atomic E-state index is 10.8. The van der Waals surface area contributed by atoms with E-state index in [2.05, 4.69) is 9.97 Å². The molecule has 0 aliphatic rings. The molecule has 5 nitrogen and oxygen atoms in total. The van der Waals surface area contributed by atoms with Gasteiger partial charge in [0.1, 0.15) is 5.75 Å². The Bertz CT molecular complexity index is 584. The van der Waals surface area contributed by atoms with E-state index in [1.165, 1.54) is 6.20 Å². The average molecular weight is 258 g/mol. The summed E-state index contributed by atoms with van der Waals surface area (Å²) in [5, 5.41) is 8.83. The lowest BCUT2D eigenvalue weighted by Crippen LogP contribution is -2.06. The van der Waals surface area contributed by atoms with Crippen LogP contribution in [0.3, 0.4) is 0 Å². The van der Waals surface area contributed by atoms with Gasteiger partial charge in [-0.25, -0.2) is 14.8 Å². The molecule has 0 amide bonds. The fourth-order valence-corrected chi connectivity index (χ4v) is 1.81. The van der Waals surface area contributed by atoms with Gasteiger partial charge in [0, 0.05) is 11.9 Å². The summed E-state index contributed by atoms with van der Waals surface area (Å²) in [4.78, 5) is 18.5. The second kappa shape index (κ2) is 5.95. The van der Waals surface area contributed by atoms with Gasteiger partial charge in [-0.1, -0.05) is 18.2 Å². The zero-order chi connectivity index (χ0) is 13.7. The third-order valence-electron chi connectivity index (χ3n) is 2.75. The fraction of sp³-hybridized carbons (Fsp3) is 0.214. The number of rotatable bonds is 5. The van der Waals surface area contributed by atoms with Crippen LogP contribution in [0.1, 0.15) is 21.9 Å². The molecular weight excluding hydrogens is 244 g/mol. The van der Waals surface area contributed by atoms with Gasteiger partial charge in [-0.2, -0.15) is 0 Å². The molecule has 98 valence electrons. The Hall–Kier alpha value is -2.43. The molecule has 2 rings (SSSR count). The van der Waals surface area contributed by atoms with E-state index < -0.39 is 5.97 Å². The number of carbonyl (C=O) groups is 1. The lowest BCUT2D eigenvalue weighted by atomic mass is 10.1. The van der Waals surface area contributed by atoms with Crippen LogP contribution in [0.15, 0.2) is 36.5 Å². The molecular formula is C14H14N2O3. The minimum Gasteiger partial charge on any atom is -0.496 e. The molecule has 1 aromatic carbocycles. The summed E-state index contributed by atoms with van der Waals surface area (Å²) in [6, 6.07) is 9.47. The Morgan fingerprint density at radius 3 is 2.79 bits per heavy atom. The first-order chi connectivity index (χ1) is 9.20. The number of nitrogens with zero attached hydrogens (tertiary/aromatic N) is 2. The summed E-state index contributed by atoms with van der Waals surface area (Å²) in [7, 11) is 1.63. The van der Waals surface area contributed by atoms with E-state index in [9.17, 15) is 4.79 Å². The predicted octanol–water partition coefficient (Wildman–Crippen LogP) is 1.97. The fourth-order valence-electron chi connectivity index (χ4n) is 1.81. The summed E-state index contributed by atoms with van der Waals surface area (Å²) < 4.78 is 5.27. The van der Waals surface area contributed by atoms with Crippen LogP contribution in [0.25, 0.3) is 0 Å². The first-order valence-electron chi connectivity index (χ1n) is 5.88. The standard InChI is InChI=1S/C14H14N2O3/c1-19-12-5-3-2-4-10(12)6-7-11-8-9-15-13(16-11)14(17)18/h2-5,8-9H,6-7H2,1H3,(H,17,18). The molecule has 5 heteroatoms. The van der Waals surface area contributed by atoms with E-state index in [0.717, 1.165) is 17.7 Å². The van der Waals surface area contributed by atoms with Gasteiger partial charge >= 0.3 is 5.97 Å². The number of hydrogen-bond acceptors (Lipinski definition) is 4. The van der Waals surface area contributed by atoms with Crippen molar-refractivity contribution in [3.63, 3.8) is 0 Å². The average Bonchev–Trinajstić information content (AvgIpc) is 2.45. The highest BCUT2D eigenvalue weighted by Gasteiger charge is 2.08. The molecule has 0 unspecified atom stereocenters. The topological polar surface area (TPSA) is 72.3 Å². The van der Waals surface area contributed by atoms with Crippen LogP contribution in [-0.4, -0.2) is 28.2 Å². The molecule has 1 N–H and O–H groups in total. The third kappa shape index (κ3) is 3.28. The van der Waals surface area contributed by atoms with Crippen molar-refractivity contribution in [3.05, 3.63) is 53.6 Å².